The molecule has 6 atom stereocenters. The van der Waals surface area contributed by atoms with E-state index < -0.39 is 36.0 Å². The van der Waals surface area contributed by atoms with E-state index >= 15 is 0 Å². The highest BCUT2D eigenvalue weighted by atomic mass is 16.2. The van der Waals surface area contributed by atoms with Crippen LogP contribution in [0.3, 0.4) is 0 Å². The minimum absolute atomic E-state index is 0.215. The fourth-order valence-corrected chi connectivity index (χ4v) is 6.54. The maximum absolute atomic E-state index is 13.6. The van der Waals surface area contributed by atoms with E-state index in [0.29, 0.717) is 13.1 Å². The first-order chi connectivity index (χ1) is 16.5. The number of benzene rings is 2. The molecule has 0 aliphatic carbocycles. The second-order valence-electron chi connectivity index (χ2n) is 9.25. The molecule has 0 bridgehead atoms. The van der Waals surface area contributed by atoms with Gasteiger partial charge in [0.25, 0.3) is 0 Å². The van der Waals surface area contributed by atoms with Crippen molar-refractivity contribution in [3.63, 3.8) is 0 Å². The van der Waals surface area contributed by atoms with E-state index in [0.717, 1.165) is 11.1 Å². The topological polar surface area (TPSA) is 81.2 Å². The standard InChI is InChI=1S/C26H26N4O4/c1-3-27-23(31)17-19(15-11-7-5-8-12-15)30-22-18(24(32)28(4-2)26(22)34)20(16-13-9-6-10-14-16)29(30)21(17)25(27)33/h5-14,17-22H,3-4H2,1-2H3/t17-,18+,19-,20+,21-,22-/m1/s1. The van der Waals surface area contributed by atoms with Crippen LogP contribution in [0.15, 0.2) is 60.7 Å². The average molecular weight is 459 g/mol. The Morgan fingerprint density at radius 2 is 0.882 bits per heavy atom. The van der Waals surface area contributed by atoms with Crippen molar-refractivity contribution in [3.8, 4) is 0 Å². The Hall–Kier alpha value is -3.36. The molecule has 4 heterocycles. The van der Waals surface area contributed by atoms with Gasteiger partial charge in [-0.2, -0.15) is 0 Å². The Labute approximate surface area is 197 Å². The Kier molecular flexibility index (Phi) is 4.72. The van der Waals surface area contributed by atoms with Crippen molar-refractivity contribution in [1.82, 2.24) is 19.8 Å². The lowest BCUT2D eigenvalue weighted by Crippen LogP contribution is -2.49. The van der Waals surface area contributed by atoms with E-state index in [-0.39, 0.29) is 23.6 Å². The number of carbonyl (C=O) groups is 4. The van der Waals surface area contributed by atoms with E-state index in [2.05, 4.69) is 0 Å². The van der Waals surface area contributed by atoms with Crippen LogP contribution >= 0.6 is 0 Å². The minimum atomic E-state index is -0.746. The van der Waals surface area contributed by atoms with Gasteiger partial charge in [-0.1, -0.05) is 60.7 Å². The zero-order valence-corrected chi connectivity index (χ0v) is 19.1. The van der Waals surface area contributed by atoms with Crippen LogP contribution in [-0.4, -0.2) is 68.6 Å². The number of likely N-dealkylation sites (tertiary alicyclic amines) is 2. The zero-order chi connectivity index (χ0) is 23.7. The number of hydrazine groups is 1. The quantitative estimate of drug-likeness (QED) is 0.650. The van der Waals surface area contributed by atoms with Gasteiger partial charge in [0.15, 0.2) is 0 Å². The molecule has 174 valence electrons. The van der Waals surface area contributed by atoms with Crippen molar-refractivity contribution in [3.05, 3.63) is 71.8 Å². The van der Waals surface area contributed by atoms with Crippen molar-refractivity contribution in [1.29, 1.82) is 0 Å². The lowest BCUT2D eigenvalue weighted by molar-refractivity contribution is -0.152. The number of imide groups is 2. The highest BCUT2D eigenvalue weighted by molar-refractivity contribution is 6.10. The normalized spacial score (nSPS) is 33.1. The third-order valence-corrected chi connectivity index (χ3v) is 7.82. The van der Waals surface area contributed by atoms with Crippen LogP contribution in [0, 0.1) is 11.8 Å². The van der Waals surface area contributed by atoms with Crippen LogP contribution in [0.5, 0.6) is 0 Å². The van der Waals surface area contributed by atoms with Crippen LogP contribution in [0.2, 0.25) is 0 Å². The van der Waals surface area contributed by atoms with Crippen LogP contribution in [-0.2, 0) is 19.2 Å². The lowest BCUT2D eigenvalue weighted by atomic mass is 9.84. The van der Waals surface area contributed by atoms with Gasteiger partial charge in [-0.25, -0.2) is 10.0 Å². The van der Waals surface area contributed by atoms with Crippen LogP contribution in [0.25, 0.3) is 0 Å². The molecule has 0 radical (unpaired) electrons. The van der Waals surface area contributed by atoms with Gasteiger partial charge in [-0.05, 0) is 25.0 Å². The summed E-state index contributed by atoms with van der Waals surface area (Å²) >= 11 is 0. The summed E-state index contributed by atoms with van der Waals surface area (Å²) in [7, 11) is 0. The van der Waals surface area contributed by atoms with Crippen molar-refractivity contribution >= 4 is 23.6 Å². The van der Waals surface area contributed by atoms with Crippen molar-refractivity contribution < 1.29 is 19.2 Å². The van der Waals surface area contributed by atoms with Gasteiger partial charge in [-0.3, -0.25) is 29.0 Å². The van der Waals surface area contributed by atoms with E-state index in [1.807, 2.05) is 70.7 Å². The predicted molar refractivity (Wildman–Crippen MR) is 121 cm³/mol. The second kappa shape index (κ2) is 7.58. The molecule has 0 spiro atoms. The third-order valence-electron chi connectivity index (χ3n) is 7.82. The molecule has 8 nitrogen and oxygen atoms in total. The molecule has 34 heavy (non-hydrogen) atoms. The molecule has 2 aromatic carbocycles. The van der Waals surface area contributed by atoms with Gasteiger partial charge < -0.3 is 0 Å². The van der Waals surface area contributed by atoms with E-state index in [1.54, 1.807) is 13.8 Å². The van der Waals surface area contributed by atoms with Gasteiger partial charge in [0, 0.05) is 13.1 Å². The molecule has 4 aliphatic rings. The molecular weight excluding hydrogens is 432 g/mol. The Morgan fingerprint density at radius 3 is 1.21 bits per heavy atom. The molecule has 0 aromatic heterocycles. The molecule has 0 unspecified atom stereocenters. The fraction of sp³-hybridized carbons (Fsp3) is 0.385. The van der Waals surface area contributed by atoms with Crippen molar-refractivity contribution in [2.45, 2.75) is 38.0 Å². The molecule has 0 saturated carbocycles. The largest absolute Gasteiger partial charge is 0.281 e. The summed E-state index contributed by atoms with van der Waals surface area (Å²) in [6, 6.07) is 16.6. The van der Waals surface area contributed by atoms with Crippen molar-refractivity contribution in [2.75, 3.05) is 13.1 Å². The summed E-state index contributed by atoms with van der Waals surface area (Å²) in [6.07, 6.45) is 0. The van der Waals surface area contributed by atoms with Crippen LogP contribution < -0.4 is 0 Å². The average Bonchev–Trinajstić information content (AvgIpc) is 3.51. The molecular formula is C26H26N4O4. The number of fused-ring (bicyclic) bond motifs is 5. The molecule has 4 aliphatic heterocycles. The summed E-state index contributed by atoms with van der Waals surface area (Å²) in [4.78, 5) is 56.9. The predicted octanol–water partition coefficient (Wildman–Crippen LogP) is 1.76. The third kappa shape index (κ3) is 2.55. The molecule has 6 rings (SSSR count). The van der Waals surface area contributed by atoms with Gasteiger partial charge in [0.2, 0.25) is 23.6 Å². The number of hydrogen-bond acceptors (Lipinski definition) is 6. The highest BCUT2D eigenvalue weighted by Gasteiger charge is 2.73. The first-order valence-electron chi connectivity index (χ1n) is 11.9. The number of nitrogens with zero attached hydrogens (tertiary/aromatic N) is 4. The van der Waals surface area contributed by atoms with Crippen LogP contribution in [0.4, 0.5) is 0 Å². The first-order valence-corrected chi connectivity index (χ1v) is 11.9. The molecule has 4 fully saturated rings. The van der Waals surface area contributed by atoms with E-state index in [1.165, 1.54) is 9.80 Å². The summed E-state index contributed by atoms with van der Waals surface area (Å²) in [5.41, 5.74) is 1.73. The maximum Gasteiger partial charge on any atom is 0.248 e. The summed E-state index contributed by atoms with van der Waals surface area (Å²) in [5.74, 6) is -2.22. The summed E-state index contributed by atoms with van der Waals surface area (Å²) < 4.78 is 0. The number of rotatable bonds is 4. The van der Waals surface area contributed by atoms with Gasteiger partial charge in [0.05, 0.1) is 23.9 Å². The Morgan fingerprint density at radius 1 is 0.529 bits per heavy atom. The van der Waals surface area contributed by atoms with Crippen molar-refractivity contribution in [2.24, 2.45) is 11.8 Å². The fourth-order valence-electron chi connectivity index (χ4n) is 6.54. The molecule has 0 N–H and O–H groups in total. The van der Waals surface area contributed by atoms with Crippen LogP contribution in [0.1, 0.15) is 37.1 Å². The minimum Gasteiger partial charge on any atom is -0.281 e. The van der Waals surface area contributed by atoms with Gasteiger partial charge >= 0.3 is 0 Å². The molecule has 2 aromatic rings. The number of amides is 4. The second-order valence-corrected chi connectivity index (χ2v) is 9.25. The van der Waals surface area contributed by atoms with E-state index in [4.69, 9.17) is 0 Å². The first kappa shape index (κ1) is 21.2. The summed E-state index contributed by atoms with van der Waals surface area (Å²) in [5, 5.41) is 3.82. The highest BCUT2D eigenvalue weighted by Crippen LogP contribution is 2.58. The number of likely N-dealkylation sites (N-methyl/N-ethyl adjacent to an activating group) is 2. The molecule has 8 heteroatoms. The number of carbonyl (C=O) groups excluding carboxylic acids is 4. The smallest absolute Gasteiger partial charge is 0.248 e. The molecule has 4 saturated heterocycles. The summed E-state index contributed by atoms with van der Waals surface area (Å²) in [6.45, 7) is 4.19. The van der Waals surface area contributed by atoms with Gasteiger partial charge in [0.1, 0.15) is 12.1 Å². The number of hydrogen-bond donors (Lipinski definition) is 0. The molecule has 4 amide bonds. The lowest BCUT2D eigenvalue weighted by Gasteiger charge is -2.35. The maximum atomic E-state index is 13.6. The SMILES string of the molecule is CCN1C(=O)[C@@H]2[C@H](C1=O)N1[C@H](c3ccccc3)[C@H]3C(=O)N(CC)C(=O)[C@@H]3N1[C@H]2c1ccccc1. The monoisotopic (exact) mass is 458 g/mol. The Bertz CT molecular complexity index is 1090. The Balaban J connectivity index is 1.59. The van der Waals surface area contributed by atoms with E-state index in [9.17, 15) is 19.2 Å². The van der Waals surface area contributed by atoms with Gasteiger partial charge in [-0.15, -0.1) is 0 Å². The zero-order valence-electron chi connectivity index (χ0n) is 19.1.